The molecule has 3 aliphatic rings. The van der Waals surface area contributed by atoms with Crippen molar-refractivity contribution in [2.45, 2.75) is 30.7 Å². The zero-order valence-electron chi connectivity index (χ0n) is 14.3. The molecule has 0 spiro atoms. The number of allylic oxidation sites excluding steroid dienone is 2. The summed E-state index contributed by atoms with van der Waals surface area (Å²) in [6.45, 7) is 0.978. The monoisotopic (exact) mass is 329 g/mol. The number of methoxy groups -OCH3 is 2. The first-order chi connectivity index (χ1) is 11.5. The summed E-state index contributed by atoms with van der Waals surface area (Å²) >= 11 is 0. The lowest BCUT2D eigenvalue weighted by Crippen LogP contribution is -2.60. The van der Waals surface area contributed by atoms with Gasteiger partial charge in [-0.3, -0.25) is 4.79 Å². The second-order valence-corrected chi connectivity index (χ2v) is 7.17. The van der Waals surface area contributed by atoms with Gasteiger partial charge in [0, 0.05) is 17.9 Å². The van der Waals surface area contributed by atoms with E-state index in [9.17, 15) is 9.90 Å². The Balaban J connectivity index is 1.97. The summed E-state index contributed by atoms with van der Waals surface area (Å²) in [6, 6.07) is 4.09. The van der Waals surface area contributed by atoms with Gasteiger partial charge in [0.25, 0.3) is 0 Å². The fourth-order valence-electron chi connectivity index (χ4n) is 4.96. The van der Waals surface area contributed by atoms with E-state index in [0.717, 1.165) is 24.9 Å². The van der Waals surface area contributed by atoms with Gasteiger partial charge in [0.2, 0.25) is 0 Å². The fraction of sp³-hybridized carbons (Fsp3) is 0.526. The molecule has 0 unspecified atom stereocenters. The third-order valence-corrected chi connectivity index (χ3v) is 6.19. The van der Waals surface area contributed by atoms with Gasteiger partial charge >= 0.3 is 0 Å². The number of phenolic OH excluding ortho intramolecular Hbond substituents is 1. The maximum Gasteiger partial charge on any atom is 0.197 e. The number of hydrogen-bond acceptors (Lipinski definition) is 5. The Hall–Kier alpha value is -2.01. The van der Waals surface area contributed by atoms with Crippen LogP contribution in [0.25, 0.3) is 0 Å². The van der Waals surface area contributed by atoms with Crippen LogP contribution >= 0.6 is 0 Å². The van der Waals surface area contributed by atoms with Crippen LogP contribution in [0, 0.1) is 5.92 Å². The quantitative estimate of drug-likeness (QED) is 0.899. The Morgan fingerprint density at radius 2 is 2.04 bits per heavy atom. The van der Waals surface area contributed by atoms with E-state index >= 15 is 0 Å². The highest BCUT2D eigenvalue weighted by atomic mass is 16.5. The molecule has 2 bridgehead atoms. The Morgan fingerprint density at radius 1 is 1.25 bits per heavy atom. The van der Waals surface area contributed by atoms with Gasteiger partial charge in [-0.2, -0.15) is 0 Å². The minimum absolute atomic E-state index is 0.0904. The summed E-state index contributed by atoms with van der Waals surface area (Å²) in [7, 11) is 5.26. The average molecular weight is 329 g/mol. The number of piperidine rings is 1. The van der Waals surface area contributed by atoms with Crippen LogP contribution in [0.4, 0.5) is 0 Å². The highest BCUT2D eigenvalue weighted by Gasteiger charge is 2.55. The van der Waals surface area contributed by atoms with Gasteiger partial charge in [0.15, 0.2) is 23.0 Å². The molecule has 1 N–H and O–H groups in total. The van der Waals surface area contributed by atoms with Crippen molar-refractivity contribution in [3.05, 3.63) is 35.1 Å². The zero-order chi connectivity index (χ0) is 17.1. The Labute approximate surface area is 141 Å². The van der Waals surface area contributed by atoms with Crippen molar-refractivity contribution >= 4 is 5.78 Å². The van der Waals surface area contributed by atoms with Crippen molar-refractivity contribution < 1.29 is 19.4 Å². The number of benzene rings is 1. The summed E-state index contributed by atoms with van der Waals surface area (Å²) in [5.74, 6) is 1.46. The number of aromatic hydroxyl groups is 1. The number of carbonyl (C=O) groups excluding carboxylic acids is 1. The highest BCUT2D eigenvalue weighted by Crippen LogP contribution is 2.55. The van der Waals surface area contributed by atoms with Crippen molar-refractivity contribution in [1.29, 1.82) is 0 Å². The molecule has 4 rings (SSSR count). The fourth-order valence-corrected chi connectivity index (χ4v) is 4.96. The van der Waals surface area contributed by atoms with Crippen LogP contribution in [0.3, 0.4) is 0 Å². The number of phenols is 1. The Bertz CT molecular complexity index is 741. The van der Waals surface area contributed by atoms with Crippen LogP contribution in [0.15, 0.2) is 24.0 Å². The van der Waals surface area contributed by atoms with Crippen LogP contribution in [-0.2, 0) is 21.4 Å². The van der Waals surface area contributed by atoms with Crippen molar-refractivity contribution in [3.63, 3.8) is 0 Å². The maximum atomic E-state index is 12.4. The Morgan fingerprint density at radius 3 is 2.75 bits per heavy atom. The molecule has 5 heteroatoms. The van der Waals surface area contributed by atoms with Crippen LogP contribution in [0.1, 0.15) is 24.0 Å². The number of fused-ring (bicyclic) bond motifs is 1. The van der Waals surface area contributed by atoms with Crippen molar-refractivity contribution in [2.24, 2.45) is 5.92 Å². The lowest BCUT2D eigenvalue weighted by atomic mass is 9.54. The second kappa shape index (κ2) is 5.24. The number of likely N-dealkylation sites (N-methyl/N-ethyl adjacent to an activating group) is 1. The molecule has 1 heterocycles. The van der Waals surface area contributed by atoms with E-state index in [1.54, 1.807) is 14.2 Å². The predicted molar refractivity (Wildman–Crippen MR) is 89.3 cm³/mol. The van der Waals surface area contributed by atoms with E-state index < -0.39 is 0 Å². The molecule has 1 aliphatic heterocycles. The van der Waals surface area contributed by atoms with Crippen LogP contribution in [0.5, 0.6) is 11.5 Å². The zero-order valence-corrected chi connectivity index (χ0v) is 14.3. The average Bonchev–Trinajstić information content (AvgIpc) is 2.57. The summed E-state index contributed by atoms with van der Waals surface area (Å²) in [6.07, 6.45) is 4.33. The number of likely N-dealkylation sites (tertiary alicyclic amines) is 1. The molecule has 0 amide bonds. The van der Waals surface area contributed by atoms with Gasteiger partial charge in [0.05, 0.1) is 14.2 Å². The van der Waals surface area contributed by atoms with E-state index in [1.165, 1.54) is 5.56 Å². The third-order valence-electron chi connectivity index (χ3n) is 6.19. The van der Waals surface area contributed by atoms with Gasteiger partial charge in [-0.25, -0.2) is 0 Å². The van der Waals surface area contributed by atoms with E-state index in [4.69, 9.17) is 9.47 Å². The van der Waals surface area contributed by atoms with Crippen molar-refractivity contribution in [1.82, 2.24) is 4.90 Å². The normalized spacial score (nSPS) is 31.8. The standard InChI is InChI=1S/C19H23NO4/c1-20-5-4-19-10-18(24-3)16(22)8-13(19)14(20)6-11-7-15(21)17(23-2)9-12(11)19/h7,9-10,13-14,21H,4-6,8H2,1-3H3/t13-,14-,19-/m1/s1. The van der Waals surface area contributed by atoms with Gasteiger partial charge in [0.1, 0.15) is 0 Å². The highest BCUT2D eigenvalue weighted by molar-refractivity contribution is 5.95. The summed E-state index contributed by atoms with van der Waals surface area (Å²) < 4.78 is 10.7. The van der Waals surface area contributed by atoms with Gasteiger partial charge in [-0.05, 0) is 61.7 Å². The number of ether oxygens (including phenoxy) is 2. The van der Waals surface area contributed by atoms with Crippen molar-refractivity contribution in [2.75, 3.05) is 27.8 Å². The largest absolute Gasteiger partial charge is 0.504 e. The smallest absolute Gasteiger partial charge is 0.197 e. The first-order valence-electron chi connectivity index (χ1n) is 8.41. The number of carbonyl (C=O) groups is 1. The van der Waals surface area contributed by atoms with E-state index in [2.05, 4.69) is 11.9 Å². The lowest BCUT2D eigenvalue weighted by molar-refractivity contribution is -0.122. The van der Waals surface area contributed by atoms with Crippen LogP contribution < -0.4 is 4.74 Å². The number of ketones is 1. The first-order valence-corrected chi connectivity index (χ1v) is 8.41. The molecular formula is C19H23NO4. The lowest BCUT2D eigenvalue weighted by Gasteiger charge is -2.56. The number of rotatable bonds is 2. The molecule has 0 saturated carbocycles. The van der Waals surface area contributed by atoms with Gasteiger partial charge in [-0.15, -0.1) is 0 Å². The minimum atomic E-state index is -0.217. The molecule has 5 nitrogen and oxygen atoms in total. The molecule has 1 aromatic carbocycles. The number of hydrogen-bond donors (Lipinski definition) is 1. The molecule has 3 atom stereocenters. The predicted octanol–water partition coefficient (Wildman–Crippen LogP) is 2.02. The summed E-state index contributed by atoms with van der Waals surface area (Å²) in [5, 5.41) is 10.2. The van der Waals surface area contributed by atoms with Crippen molar-refractivity contribution in [3.8, 4) is 11.5 Å². The topological polar surface area (TPSA) is 59.0 Å². The molecule has 1 aromatic rings. The molecular weight excluding hydrogens is 306 g/mol. The summed E-state index contributed by atoms with van der Waals surface area (Å²) in [4.78, 5) is 14.8. The number of nitrogens with zero attached hydrogens (tertiary/aromatic N) is 1. The number of Topliss-reactive ketones (excluding diaryl/α,β-unsaturated/α-hetero) is 1. The SMILES string of the molecule is COC1=C[C@]23CCN(C)[C@H](Cc4cc(O)c(OC)cc42)[C@H]3CC1=O. The molecule has 0 radical (unpaired) electrons. The van der Waals surface area contributed by atoms with Crippen LogP contribution in [-0.4, -0.2) is 49.6 Å². The first kappa shape index (κ1) is 15.5. The van der Waals surface area contributed by atoms with Crippen LogP contribution in [0.2, 0.25) is 0 Å². The molecule has 128 valence electrons. The minimum Gasteiger partial charge on any atom is -0.504 e. The molecule has 0 aromatic heterocycles. The maximum absolute atomic E-state index is 12.4. The summed E-state index contributed by atoms with van der Waals surface area (Å²) in [5.41, 5.74) is 2.10. The van der Waals surface area contributed by atoms with Gasteiger partial charge in [-0.1, -0.05) is 0 Å². The van der Waals surface area contributed by atoms with E-state index in [0.29, 0.717) is 24.0 Å². The second-order valence-electron chi connectivity index (χ2n) is 7.17. The molecule has 1 saturated heterocycles. The Kier molecular flexibility index (Phi) is 3.39. The van der Waals surface area contributed by atoms with E-state index in [-0.39, 0.29) is 22.9 Å². The molecule has 24 heavy (non-hydrogen) atoms. The van der Waals surface area contributed by atoms with E-state index in [1.807, 2.05) is 18.2 Å². The van der Waals surface area contributed by atoms with Gasteiger partial charge < -0.3 is 19.5 Å². The molecule has 2 aliphatic carbocycles. The third kappa shape index (κ3) is 1.94. The molecule has 1 fully saturated rings.